The molecule has 0 aliphatic carbocycles. The second-order valence-electron chi connectivity index (χ2n) is 4.67. The fraction of sp³-hybridized carbons (Fsp3) is 0.333. The highest BCUT2D eigenvalue weighted by atomic mass is 32.2. The monoisotopic (exact) mass is 273 g/mol. The largest absolute Gasteiger partial charge is 0.302 e. The highest BCUT2D eigenvalue weighted by Crippen LogP contribution is 2.24. The van der Waals surface area contributed by atoms with Crippen molar-refractivity contribution >= 4 is 11.8 Å². The van der Waals surface area contributed by atoms with Gasteiger partial charge in [-0.25, -0.2) is 0 Å². The second-order valence-corrected chi connectivity index (χ2v) is 5.61. The van der Waals surface area contributed by atoms with E-state index in [0.717, 1.165) is 23.3 Å². The van der Waals surface area contributed by atoms with Crippen molar-refractivity contribution in [3.05, 3.63) is 54.4 Å². The van der Waals surface area contributed by atoms with Crippen LogP contribution in [0.1, 0.15) is 31.2 Å². The van der Waals surface area contributed by atoms with E-state index in [1.807, 2.05) is 12.1 Å². The normalized spacial score (nSPS) is 10.9. The van der Waals surface area contributed by atoms with E-state index in [-0.39, 0.29) is 0 Å². The van der Waals surface area contributed by atoms with Crippen LogP contribution in [0.5, 0.6) is 0 Å². The van der Waals surface area contributed by atoms with Gasteiger partial charge in [-0.05, 0) is 5.56 Å². The Labute approximate surface area is 118 Å². The maximum absolute atomic E-state index is 4.30. The summed E-state index contributed by atoms with van der Waals surface area (Å²) in [6.07, 6.45) is 1.89. The Bertz CT molecular complexity index is 532. The Morgan fingerprint density at radius 3 is 2.63 bits per heavy atom. The fourth-order valence-electron chi connectivity index (χ4n) is 1.86. The molecule has 0 radical (unpaired) electrons. The number of allylic oxidation sites excluding steroid dienone is 1. The molecule has 0 aliphatic heterocycles. The molecule has 0 saturated heterocycles. The lowest BCUT2D eigenvalue weighted by atomic mass is 10.2. The molecule has 0 amide bonds. The molecule has 100 valence electrons. The van der Waals surface area contributed by atoms with Crippen molar-refractivity contribution in [2.24, 2.45) is 0 Å². The van der Waals surface area contributed by atoms with Gasteiger partial charge >= 0.3 is 0 Å². The van der Waals surface area contributed by atoms with E-state index < -0.39 is 0 Å². The van der Waals surface area contributed by atoms with E-state index in [2.05, 4.69) is 59.5 Å². The average Bonchev–Trinajstić information content (AvgIpc) is 2.81. The smallest absolute Gasteiger partial charge is 0.191 e. The van der Waals surface area contributed by atoms with Crippen molar-refractivity contribution in [1.82, 2.24) is 14.8 Å². The summed E-state index contributed by atoms with van der Waals surface area (Å²) in [7, 11) is 0. The predicted octanol–water partition coefficient (Wildman–Crippen LogP) is 3.88. The molecule has 0 saturated carbocycles. The topological polar surface area (TPSA) is 30.7 Å². The molecule has 1 heterocycles. The van der Waals surface area contributed by atoms with Crippen LogP contribution < -0.4 is 0 Å². The van der Waals surface area contributed by atoms with Crippen molar-refractivity contribution < 1.29 is 0 Å². The van der Waals surface area contributed by atoms with Gasteiger partial charge in [0.15, 0.2) is 5.16 Å². The molecule has 1 aromatic carbocycles. The Hall–Kier alpha value is -1.55. The van der Waals surface area contributed by atoms with Crippen LogP contribution in [0.3, 0.4) is 0 Å². The molecule has 2 rings (SSSR count). The summed E-state index contributed by atoms with van der Waals surface area (Å²) in [5.41, 5.74) is 1.30. The van der Waals surface area contributed by atoms with Gasteiger partial charge in [-0.2, -0.15) is 0 Å². The Balaban J connectivity index is 2.13. The Morgan fingerprint density at radius 1 is 1.26 bits per heavy atom. The van der Waals surface area contributed by atoms with Crippen molar-refractivity contribution in [2.75, 3.05) is 0 Å². The molecule has 0 spiro atoms. The third-order valence-corrected chi connectivity index (χ3v) is 3.82. The summed E-state index contributed by atoms with van der Waals surface area (Å²) in [5, 5.41) is 9.56. The van der Waals surface area contributed by atoms with E-state index in [0.29, 0.717) is 5.92 Å². The first-order valence-corrected chi connectivity index (χ1v) is 7.41. The van der Waals surface area contributed by atoms with E-state index in [1.54, 1.807) is 11.8 Å². The van der Waals surface area contributed by atoms with E-state index in [9.17, 15) is 0 Å². The lowest BCUT2D eigenvalue weighted by Gasteiger charge is -2.09. The molecule has 2 aromatic rings. The van der Waals surface area contributed by atoms with Gasteiger partial charge in [0.05, 0.1) is 0 Å². The molecular weight excluding hydrogens is 254 g/mol. The fourth-order valence-corrected chi connectivity index (χ4v) is 2.77. The van der Waals surface area contributed by atoms with Crippen LogP contribution in [0, 0.1) is 0 Å². The van der Waals surface area contributed by atoms with Crippen molar-refractivity contribution in [2.45, 2.75) is 37.2 Å². The number of thioether (sulfide) groups is 1. The molecule has 3 nitrogen and oxygen atoms in total. The summed E-state index contributed by atoms with van der Waals surface area (Å²) in [6.45, 7) is 8.84. The quantitative estimate of drug-likeness (QED) is 0.591. The van der Waals surface area contributed by atoms with Crippen LogP contribution in [-0.2, 0) is 12.3 Å². The molecule has 0 atom stereocenters. The zero-order chi connectivity index (χ0) is 13.7. The maximum Gasteiger partial charge on any atom is 0.191 e. The van der Waals surface area contributed by atoms with Crippen LogP contribution in [0.4, 0.5) is 0 Å². The number of benzene rings is 1. The van der Waals surface area contributed by atoms with E-state index in [1.165, 1.54) is 5.56 Å². The lowest BCUT2D eigenvalue weighted by molar-refractivity contribution is 0.641. The van der Waals surface area contributed by atoms with Gasteiger partial charge in [-0.1, -0.05) is 62.0 Å². The molecule has 0 bridgehead atoms. The van der Waals surface area contributed by atoms with Crippen LogP contribution in [-0.4, -0.2) is 14.8 Å². The Morgan fingerprint density at radius 2 is 2.00 bits per heavy atom. The van der Waals surface area contributed by atoms with Crippen molar-refractivity contribution in [3.63, 3.8) is 0 Å². The number of aromatic nitrogens is 3. The number of rotatable bonds is 6. The molecule has 0 aliphatic rings. The zero-order valence-electron chi connectivity index (χ0n) is 11.4. The van der Waals surface area contributed by atoms with Gasteiger partial charge in [0.2, 0.25) is 0 Å². The van der Waals surface area contributed by atoms with Crippen LogP contribution in [0.2, 0.25) is 0 Å². The Kier molecular flexibility index (Phi) is 4.80. The first-order valence-electron chi connectivity index (χ1n) is 6.43. The molecule has 0 fully saturated rings. The molecule has 19 heavy (non-hydrogen) atoms. The number of hydrogen-bond donors (Lipinski definition) is 0. The standard InChI is InChI=1S/C15H19N3S/c1-4-10-18-14(12(2)3)16-17-15(18)19-11-13-8-6-5-7-9-13/h4-9,12H,1,10-11H2,2-3H3. The minimum absolute atomic E-state index is 0.374. The number of hydrogen-bond acceptors (Lipinski definition) is 3. The van der Waals surface area contributed by atoms with Gasteiger partial charge < -0.3 is 4.57 Å². The zero-order valence-corrected chi connectivity index (χ0v) is 12.2. The van der Waals surface area contributed by atoms with E-state index >= 15 is 0 Å². The van der Waals surface area contributed by atoms with Gasteiger partial charge in [0.25, 0.3) is 0 Å². The van der Waals surface area contributed by atoms with Gasteiger partial charge in [0.1, 0.15) is 5.82 Å². The van der Waals surface area contributed by atoms with Gasteiger partial charge in [-0.15, -0.1) is 16.8 Å². The third kappa shape index (κ3) is 3.47. The minimum atomic E-state index is 0.374. The second kappa shape index (κ2) is 6.57. The summed E-state index contributed by atoms with van der Waals surface area (Å²) in [4.78, 5) is 0. The SMILES string of the molecule is C=CCn1c(SCc2ccccc2)nnc1C(C)C. The first kappa shape index (κ1) is 13.9. The van der Waals surface area contributed by atoms with Crippen LogP contribution in [0.15, 0.2) is 48.1 Å². The summed E-state index contributed by atoms with van der Waals surface area (Å²) in [5.74, 6) is 2.31. The first-order chi connectivity index (χ1) is 9.22. The average molecular weight is 273 g/mol. The highest BCUT2D eigenvalue weighted by Gasteiger charge is 2.14. The molecule has 0 unspecified atom stereocenters. The molecule has 4 heteroatoms. The molecule has 1 aromatic heterocycles. The molecule has 0 N–H and O–H groups in total. The lowest BCUT2D eigenvalue weighted by Crippen LogP contribution is -2.05. The van der Waals surface area contributed by atoms with Crippen LogP contribution in [0.25, 0.3) is 0 Å². The number of nitrogens with zero attached hydrogens (tertiary/aromatic N) is 3. The summed E-state index contributed by atoms with van der Waals surface area (Å²) < 4.78 is 2.14. The summed E-state index contributed by atoms with van der Waals surface area (Å²) >= 11 is 1.72. The maximum atomic E-state index is 4.30. The predicted molar refractivity (Wildman–Crippen MR) is 80.3 cm³/mol. The van der Waals surface area contributed by atoms with Crippen molar-refractivity contribution in [1.29, 1.82) is 0 Å². The van der Waals surface area contributed by atoms with Gasteiger partial charge in [0, 0.05) is 18.2 Å². The molecular formula is C15H19N3S. The van der Waals surface area contributed by atoms with Gasteiger partial charge in [-0.3, -0.25) is 0 Å². The summed E-state index contributed by atoms with van der Waals surface area (Å²) in [6, 6.07) is 10.4. The third-order valence-electron chi connectivity index (χ3n) is 2.78. The van der Waals surface area contributed by atoms with Crippen LogP contribution >= 0.6 is 11.8 Å². The minimum Gasteiger partial charge on any atom is -0.302 e. The van der Waals surface area contributed by atoms with Crippen molar-refractivity contribution in [3.8, 4) is 0 Å². The highest BCUT2D eigenvalue weighted by molar-refractivity contribution is 7.98. The van der Waals surface area contributed by atoms with E-state index in [4.69, 9.17) is 0 Å².